The molecule has 4 aromatic rings. The van der Waals surface area contributed by atoms with Crippen molar-refractivity contribution in [2.45, 2.75) is 12.7 Å². The highest BCUT2D eigenvalue weighted by Crippen LogP contribution is 2.33. The van der Waals surface area contributed by atoms with E-state index in [0.29, 0.717) is 34.7 Å². The number of hydrogen-bond acceptors (Lipinski definition) is 3. The van der Waals surface area contributed by atoms with E-state index in [1.165, 1.54) is 33.8 Å². The lowest BCUT2D eigenvalue weighted by molar-refractivity contribution is -0.137. The zero-order valence-electron chi connectivity index (χ0n) is 15.3. The van der Waals surface area contributed by atoms with Crippen LogP contribution in [0.25, 0.3) is 16.8 Å². The van der Waals surface area contributed by atoms with E-state index in [0.717, 1.165) is 18.3 Å². The first-order valence-corrected chi connectivity index (χ1v) is 9.01. The summed E-state index contributed by atoms with van der Waals surface area (Å²) in [5.41, 5.74) is 1.38. The molecule has 0 saturated heterocycles. The molecular weight excluding hydrogens is 402 g/mol. The van der Waals surface area contributed by atoms with Gasteiger partial charge in [-0.15, -0.1) is 0 Å². The highest BCUT2D eigenvalue weighted by molar-refractivity contribution is 6.09. The molecule has 0 radical (unpaired) electrons. The number of halogens is 4. The van der Waals surface area contributed by atoms with Crippen LogP contribution < -0.4 is 4.90 Å². The van der Waals surface area contributed by atoms with Crippen LogP contribution in [0, 0.1) is 5.95 Å². The minimum Gasteiger partial charge on any atom is -0.305 e. The van der Waals surface area contributed by atoms with Crippen LogP contribution in [0.1, 0.15) is 16.1 Å². The van der Waals surface area contributed by atoms with Gasteiger partial charge in [-0.2, -0.15) is 22.7 Å². The van der Waals surface area contributed by atoms with Gasteiger partial charge in [0.1, 0.15) is 11.3 Å². The normalized spacial score (nSPS) is 14.4. The zero-order chi connectivity index (χ0) is 21.0. The van der Waals surface area contributed by atoms with Crippen LogP contribution in [-0.2, 0) is 12.7 Å². The number of aromatic nitrogens is 4. The second kappa shape index (κ2) is 6.41. The maximum Gasteiger partial charge on any atom is 0.416 e. The van der Waals surface area contributed by atoms with Crippen LogP contribution in [0.15, 0.2) is 55.0 Å². The molecule has 0 fully saturated rings. The Labute approximate surface area is 167 Å². The van der Waals surface area contributed by atoms with E-state index < -0.39 is 17.7 Å². The van der Waals surface area contributed by atoms with Crippen molar-refractivity contribution >= 4 is 17.2 Å². The summed E-state index contributed by atoms with van der Waals surface area (Å²) in [4.78, 5) is 18.5. The van der Waals surface area contributed by atoms with Crippen LogP contribution in [0.3, 0.4) is 0 Å². The first kappa shape index (κ1) is 18.3. The molecule has 0 atom stereocenters. The Morgan fingerprint density at radius 2 is 1.73 bits per heavy atom. The van der Waals surface area contributed by atoms with Gasteiger partial charge < -0.3 is 4.90 Å². The van der Waals surface area contributed by atoms with Crippen molar-refractivity contribution in [2.75, 3.05) is 11.4 Å². The van der Waals surface area contributed by atoms with E-state index in [9.17, 15) is 22.4 Å². The summed E-state index contributed by atoms with van der Waals surface area (Å²) in [6.07, 6.45) is -0.291. The third kappa shape index (κ3) is 2.83. The second-order valence-corrected chi connectivity index (χ2v) is 6.86. The maximum absolute atomic E-state index is 13.9. The lowest BCUT2D eigenvalue weighted by atomic mass is 10.1. The molecule has 0 unspecified atom stereocenters. The number of amides is 1. The molecule has 5 rings (SSSR count). The third-order valence-corrected chi connectivity index (χ3v) is 5.10. The quantitative estimate of drug-likeness (QED) is 0.465. The van der Waals surface area contributed by atoms with Gasteiger partial charge in [0, 0.05) is 29.6 Å². The Balaban J connectivity index is 1.53. The Bertz CT molecular complexity index is 1270. The summed E-state index contributed by atoms with van der Waals surface area (Å²) in [6.45, 7) is 0.650. The lowest BCUT2D eigenvalue weighted by Gasteiger charge is -2.28. The topological polar surface area (TPSA) is 55.4 Å². The monoisotopic (exact) mass is 415 g/mol. The molecule has 6 nitrogen and oxygen atoms in total. The van der Waals surface area contributed by atoms with Gasteiger partial charge in [-0.25, -0.2) is 4.98 Å². The summed E-state index contributed by atoms with van der Waals surface area (Å²) < 4.78 is 55.2. The fraction of sp³-hybridized carbons (Fsp3) is 0.150. The average molecular weight is 415 g/mol. The largest absolute Gasteiger partial charge is 0.416 e. The van der Waals surface area contributed by atoms with E-state index in [1.807, 2.05) is 0 Å². The fourth-order valence-corrected chi connectivity index (χ4v) is 3.60. The number of benzene rings is 1. The molecule has 3 aromatic heterocycles. The smallest absolute Gasteiger partial charge is 0.305 e. The van der Waals surface area contributed by atoms with Crippen molar-refractivity contribution in [2.24, 2.45) is 0 Å². The standard InChI is InChI=1S/C20H13F4N5O/c21-16-10-25-17-6-1-12(11-28(16)17)15-9-26-29-8-7-27(19(30)18(15)29)14-4-2-13(3-5-14)20(22,23)24/h1-6,9-11H,7-8H2. The first-order valence-electron chi connectivity index (χ1n) is 9.01. The Morgan fingerprint density at radius 3 is 2.47 bits per heavy atom. The van der Waals surface area contributed by atoms with Gasteiger partial charge in [0.15, 0.2) is 0 Å². The SMILES string of the molecule is O=C1c2c(-c3ccc4ncc(F)n4c3)cnn2CCN1c1ccc(C(F)(F)F)cc1. The summed E-state index contributed by atoms with van der Waals surface area (Å²) in [7, 11) is 0. The highest BCUT2D eigenvalue weighted by atomic mass is 19.4. The van der Waals surface area contributed by atoms with Crippen molar-refractivity contribution < 1.29 is 22.4 Å². The van der Waals surface area contributed by atoms with E-state index in [4.69, 9.17) is 0 Å². The van der Waals surface area contributed by atoms with Crippen molar-refractivity contribution in [1.29, 1.82) is 0 Å². The van der Waals surface area contributed by atoms with Crippen LogP contribution in [-0.4, -0.2) is 31.6 Å². The van der Waals surface area contributed by atoms with Crippen LogP contribution in [0.4, 0.5) is 23.2 Å². The molecule has 0 N–H and O–H groups in total. The molecule has 4 heterocycles. The maximum atomic E-state index is 13.9. The van der Waals surface area contributed by atoms with Crippen molar-refractivity contribution in [1.82, 2.24) is 19.2 Å². The number of fused-ring (bicyclic) bond motifs is 2. The predicted octanol–water partition coefficient (Wildman–Crippen LogP) is 4.02. The van der Waals surface area contributed by atoms with Gasteiger partial charge in [-0.05, 0) is 36.4 Å². The van der Waals surface area contributed by atoms with Crippen LogP contribution in [0.2, 0.25) is 0 Å². The Kier molecular flexibility index (Phi) is 3.92. The van der Waals surface area contributed by atoms with Crippen molar-refractivity contribution in [3.05, 3.63) is 72.2 Å². The molecule has 10 heteroatoms. The Hall–Kier alpha value is -3.69. The fourth-order valence-electron chi connectivity index (χ4n) is 3.60. The molecule has 0 spiro atoms. The predicted molar refractivity (Wildman–Crippen MR) is 99.5 cm³/mol. The summed E-state index contributed by atoms with van der Waals surface area (Å²) in [5, 5.41) is 4.25. The summed E-state index contributed by atoms with van der Waals surface area (Å²) >= 11 is 0. The molecule has 1 aliphatic heterocycles. The average Bonchev–Trinajstić information content (AvgIpc) is 3.32. The number of rotatable bonds is 2. The molecule has 30 heavy (non-hydrogen) atoms. The number of imidazole rings is 1. The summed E-state index contributed by atoms with van der Waals surface area (Å²) in [5.74, 6) is -0.926. The van der Waals surface area contributed by atoms with Gasteiger partial charge in [-0.3, -0.25) is 13.9 Å². The van der Waals surface area contributed by atoms with Gasteiger partial charge >= 0.3 is 6.18 Å². The highest BCUT2D eigenvalue weighted by Gasteiger charge is 2.32. The second-order valence-electron chi connectivity index (χ2n) is 6.86. The van der Waals surface area contributed by atoms with Gasteiger partial charge in [0.2, 0.25) is 5.95 Å². The number of alkyl halides is 3. The number of anilines is 1. The zero-order valence-corrected chi connectivity index (χ0v) is 15.3. The van der Waals surface area contributed by atoms with Crippen molar-refractivity contribution in [3.8, 4) is 11.1 Å². The molecule has 0 bridgehead atoms. The van der Waals surface area contributed by atoms with Gasteiger partial charge in [0.25, 0.3) is 5.91 Å². The first-order chi connectivity index (χ1) is 14.3. The van der Waals surface area contributed by atoms with E-state index in [1.54, 1.807) is 16.8 Å². The van der Waals surface area contributed by atoms with E-state index in [2.05, 4.69) is 10.1 Å². The minimum atomic E-state index is -4.45. The molecule has 1 amide bonds. The van der Waals surface area contributed by atoms with E-state index >= 15 is 0 Å². The molecule has 0 aliphatic carbocycles. The minimum absolute atomic E-state index is 0.271. The third-order valence-electron chi connectivity index (χ3n) is 5.10. The lowest BCUT2D eigenvalue weighted by Crippen LogP contribution is -2.40. The summed E-state index contributed by atoms with van der Waals surface area (Å²) in [6, 6.07) is 7.79. The number of nitrogens with zero attached hydrogens (tertiary/aromatic N) is 5. The van der Waals surface area contributed by atoms with Crippen LogP contribution in [0.5, 0.6) is 0 Å². The molecule has 1 aromatic carbocycles. The number of hydrogen-bond donors (Lipinski definition) is 0. The molecular formula is C20H13F4N5O. The van der Waals surface area contributed by atoms with Crippen LogP contribution >= 0.6 is 0 Å². The van der Waals surface area contributed by atoms with Gasteiger partial charge in [-0.1, -0.05) is 0 Å². The molecule has 0 saturated carbocycles. The Morgan fingerprint density at radius 1 is 0.967 bits per heavy atom. The molecule has 152 valence electrons. The number of carbonyl (C=O) groups is 1. The van der Waals surface area contributed by atoms with Gasteiger partial charge in [0.05, 0.1) is 24.5 Å². The number of pyridine rings is 1. The molecule has 1 aliphatic rings. The van der Waals surface area contributed by atoms with E-state index in [-0.39, 0.29) is 12.5 Å². The van der Waals surface area contributed by atoms with Crippen molar-refractivity contribution in [3.63, 3.8) is 0 Å². The number of carbonyl (C=O) groups excluding carboxylic acids is 1.